The molecule has 0 fully saturated rings. The molecule has 0 aliphatic carbocycles. The highest BCUT2D eigenvalue weighted by molar-refractivity contribution is 6.12. The van der Waals surface area contributed by atoms with Crippen LogP contribution in [0.5, 0.6) is 5.75 Å². The molecule has 0 N–H and O–H groups in total. The SMILES string of the molecule is [B]C(C)c1cnc(F)c(OC)c1. The highest BCUT2D eigenvalue weighted by atomic mass is 19.1. The number of hydrogen-bond donors (Lipinski definition) is 0. The highest BCUT2D eigenvalue weighted by Crippen LogP contribution is 2.19. The first kappa shape index (κ1) is 9.04. The summed E-state index contributed by atoms with van der Waals surface area (Å²) in [7, 11) is 6.96. The smallest absolute Gasteiger partial charge is 0.255 e. The average molecular weight is 165 g/mol. The van der Waals surface area contributed by atoms with Gasteiger partial charge in [-0.05, 0) is 11.6 Å². The van der Waals surface area contributed by atoms with E-state index in [1.54, 1.807) is 13.0 Å². The fraction of sp³-hybridized carbons (Fsp3) is 0.375. The predicted octanol–water partition coefficient (Wildman–Crippen LogP) is 1.46. The third kappa shape index (κ3) is 1.75. The van der Waals surface area contributed by atoms with Gasteiger partial charge in [0.2, 0.25) is 0 Å². The van der Waals surface area contributed by atoms with Crippen LogP contribution in [0.1, 0.15) is 18.3 Å². The van der Waals surface area contributed by atoms with E-state index in [1.165, 1.54) is 13.3 Å². The van der Waals surface area contributed by atoms with Crippen molar-refractivity contribution in [2.75, 3.05) is 7.11 Å². The second kappa shape index (κ2) is 3.56. The molecule has 0 aliphatic rings. The molecule has 4 heteroatoms. The number of hydrogen-bond acceptors (Lipinski definition) is 2. The maximum absolute atomic E-state index is 12.8. The third-order valence-corrected chi connectivity index (χ3v) is 1.57. The minimum atomic E-state index is -0.609. The summed E-state index contributed by atoms with van der Waals surface area (Å²) in [6, 6.07) is 1.55. The van der Waals surface area contributed by atoms with Gasteiger partial charge in [-0.15, -0.1) is 0 Å². The van der Waals surface area contributed by atoms with E-state index in [1.807, 2.05) is 0 Å². The molecule has 12 heavy (non-hydrogen) atoms. The number of methoxy groups -OCH3 is 1. The van der Waals surface area contributed by atoms with Crippen LogP contribution in [-0.4, -0.2) is 19.9 Å². The molecule has 0 saturated carbocycles. The minimum Gasteiger partial charge on any atom is -0.492 e. The Kier molecular flexibility index (Phi) is 2.68. The Morgan fingerprint density at radius 1 is 1.67 bits per heavy atom. The largest absolute Gasteiger partial charge is 0.492 e. The molecule has 1 rings (SSSR count). The monoisotopic (exact) mass is 165 g/mol. The van der Waals surface area contributed by atoms with Gasteiger partial charge < -0.3 is 4.74 Å². The van der Waals surface area contributed by atoms with Crippen LogP contribution in [0.3, 0.4) is 0 Å². The number of pyridine rings is 1. The van der Waals surface area contributed by atoms with Gasteiger partial charge in [-0.25, -0.2) is 4.98 Å². The van der Waals surface area contributed by atoms with Crippen LogP contribution in [0.15, 0.2) is 12.3 Å². The highest BCUT2D eigenvalue weighted by Gasteiger charge is 2.06. The molecular formula is C8H9BFNO. The maximum Gasteiger partial charge on any atom is 0.255 e. The van der Waals surface area contributed by atoms with Gasteiger partial charge in [0.05, 0.1) is 15.0 Å². The molecule has 0 spiro atoms. The van der Waals surface area contributed by atoms with Crippen molar-refractivity contribution >= 4 is 7.85 Å². The van der Waals surface area contributed by atoms with Gasteiger partial charge in [0.1, 0.15) is 0 Å². The molecule has 1 heterocycles. The van der Waals surface area contributed by atoms with E-state index in [4.69, 9.17) is 12.6 Å². The zero-order valence-corrected chi connectivity index (χ0v) is 7.04. The summed E-state index contributed by atoms with van der Waals surface area (Å²) in [5, 5.41) is 0. The number of ether oxygens (including phenoxy) is 1. The van der Waals surface area contributed by atoms with Crippen LogP contribution in [0.25, 0.3) is 0 Å². The quantitative estimate of drug-likeness (QED) is 0.488. The second-order valence-electron chi connectivity index (χ2n) is 2.55. The Morgan fingerprint density at radius 3 is 2.83 bits per heavy atom. The van der Waals surface area contributed by atoms with Crippen molar-refractivity contribution in [3.05, 3.63) is 23.8 Å². The third-order valence-electron chi connectivity index (χ3n) is 1.57. The van der Waals surface area contributed by atoms with Gasteiger partial charge in [-0.1, -0.05) is 12.7 Å². The lowest BCUT2D eigenvalue weighted by atomic mass is 9.84. The van der Waals surface area contributed by atoms with Crippen LogP contribution >= 0.6 is 0 Å². The molecule has 0 amide bonds. The van der Waals surface area contributed by atoms with E-state index in [2.05, 4.69) is 4.98 Å². The zero-order chi connectivity index (χ0) is 9.14. The standard InChI is InChI=1S/C8H9BFNO/c1-5(9)6-3-7(12-2)8(10)11-4-6/h3-5H,1-2H3. The Bertz CT molecular complexity index is 278. The van der Waals surface area contributed by atoms with Crippen LogP contribution in [0.2, 0.25) is 0 Å². The van der Waals surface area contributed by atoms with Crippen LogP contribution in [0, 0.1) is 5.95 Å². The van der Waals surface area contributed by atoms with Crippen molar-refractivity contribution in [1.29, 1.82) is 0 Å². The van der Waals surface area contributed by atoms with Crippen molar-refractivity contribution in [2.24, 2.45) is 0 Å². The van der Waals surface area contributed by atoms with E-state index in [9.17, 15) is 4.39 Å². The summed E-state index contributed by atoms with van der Waals surface area (Å²) in [6.45, 7) is 1.80. The minimum absolute atomic E-state index is 0.129. The Labute approximate surface area is 72.2 Å². The topological polar surface area (TPSA) is 22.1 Å². The van der Waals surface area contributed by atoms with Crippen LogP contribution < -0.4 is 4.74 Å². The zero-order valence-electron chi connectivity index (χ0n) is 7.04. The summed E-state index contributed by atoms with van der Waals surface area (Å²) in [4.78, 5) is 3.50. The number of rotatable bonds is 2. The predicted molar refractivity (Wildman–Crippen MR) is 44.9 cm³/mol. The molecule has 0 saturated heterocycles. The van der Waals surface area contributed by atoms with E-state index in [0.29, 0.717) is 0 Å². The molecule has 0 aliphatic heterocycles. The Balaban J connectivity index is 3.05. The van der Waals surface area contributed by atoms with Crippen LogP contribution in [0.4, 0.5) is 4.39 Å². The van der Waals surface area contributed by atoms with Gasteiger partial charge in [0.15, 0.2) is 5.75 Å². The number of nitrogens with zero attached hydrogens (tertiary/aromatic N) is 1. The number of aromatic nitrogens is 1. The van der Waals surface area contributed by atoms with Crippen LogP contribution in [-0.2, 0) is 0 Å². The Hall–Kier alpha value is -1.06. The van der Waals surface area contributed by atoms with Crippen molar-refractivity contribution in [3.8, 4) is 5.75 Å². The first-order valence-corrected chi connectivity index (χ1v) is 3.60. The fourth-order valence-electron chi connectivity index (χ4n) is 0.835. The van der Waals surface area contributed by atoms with Crippen molar-refractivity contribution < 1.29 is 9.13 Å². The van der Waals surface area contributed by atoms with Gasteiger partial charge >= 0.3 is 0 Å². The summed E-state index contributed by atoms with van der Waals surface area (Å²) in [6.07, 6.45) is 1.41. The van der Waals surface area contributed by atoms with Gasteiger partial charge in [0, 0.05) is 6.20 Å². The summed E-state index contributed by atoms with van der Waals surface area (Å²) in [5.74, 6) is -0.640. The molecule has 0 aromatic carbocycles. The second-order valence-corrected chi connectivity index (χ2v) is 2.55. The average Bonchev–Trinajstić information content (AvgIpc) is 2.05. The lowest BCUT2D eigenvalue weighted by Gasteiger charge is -2.07. The maximum atomic E-state index is 12.8. The lowest BCUT2D eigenvalue weighted by Crippen LogP contribution is -1.97. The van der Waals surface area contributed by atoms with Gasteiger partial charge in [-0.3, -0.25) is 0 Å². The van der Waals surface area contributed by atoms with Crippen molar-refractivity contribution in [3.63, 3.8) is 0 Å². The van der Waals surface area contributed by atoms with Crippen molar-refractivity contribution in [1.82, 2.24) is 4.98 Å². The molecule has 2 radical (unpaired) electrons. The molecular weight excluding hydrogens is 156 g/mol. The molecule has 1 aromatic heterocycles. The van der Waals surface area contributed by atoms with E-state index in [0.717, 1.165) is 5.56 Å². The number of halogens is 1. The molecule has 62 valence electrons. The fourth-order valence-corrected chi connectivity index (χ4v) is 0.835. The first-order chi connectivity index (χ1) is 5.65. The summed E-state index contributed by atoms with van der Waals surface area (Å²) >= 11 is 0. The first-order valence-electron chi connectivity index (χ1n) is 3.60. The van der Waals surface area contributed by atoms with E-state index >= 15 is 0 Å². The molecule has 0 bridgehead atoms. The summed E-state index contributed by atoms with van der Waals surface area (Å²) in [5.41, 5.74) is 0.758. The van der Waals surface area contributed by atoms with E-state index < -0.39 is 5.95 Å². The Morgan fingerprint density at radius 2 is 2.33 bits per heavy atom. The molecule has 1 aromatic rings. The van der Waals surface area contributed by atoms with Gasteiger partial charge in [0.25, 0.3) is 5.95 Å². The lowest BCUT2D eigenvalue weighted by molar-refractivity contribution is 0.377. The molecule has 1 unspecified atom stereocenters. The van der Waals surface area contributed by atoms with Gasteiger partial charge in [-0.2, -0.15) is 4.39 Å². The molecule has 1 atom stereocenters. The van der Waals surface area contributed by atoms with E-state index in [-0.39, 0.29) is 11.6 Å². The summed E-state index contributed by atoms with van der Waals surface area (Å²) < 4.78 is 17.5. The molecule has 2 nitrogen and oxygen atoms in total. The van der Waals surface area contributed by atoms with Crippen molar-refractivity contribution in [2.45, 2.75) is 12.7 Å². The normalized spacial score (nSPS) is 12.6.